The predicted octanol–water partition coefficient (Wildman–Crippen LogP) is 4.15. The monoisotopic (exact) mass is 268 g/mol. The van der Waals surface area contributed by atoms with E-state index in [-0.39, 0.29) is 11.3 Å². The molecule has 0 saturated carbocycles. The van der Waals surface area contributed by atoms with Gasteiger partial charge in [-0.3, -0.25) is 4.79 Å². The first kappa shape index (κ1) is 13.4. The average Bonchev–Trinajstić information content (AvgIpc) is 2.73. The summed E-state index contributed by atoms with van der Waals surface area (Å²) >= 11 is 0. The molecule has 0 bridgehead atoms. The van der Waals surface area contributed by atoms with Crippen LogP contribution in [0.3, 0.4) is 0 Å². The van der Waals surface area contributed by atoms with E-state index in [9.17, 15) is 18.0 Å². The molecule has 5 heteroatoms. The van der Waals surface area contributed by atoms with Gasteiger partial charge in [-0.2, -0.15) is 13.2 Å². The molecule has 0 radical (unpaired) electrons. The summed E-state index contributed by atoms with van der Waals surface area (Å²) in [6.07, 6.45) is -3.03. The fourth-order valence-corrected chi connectivity index (χ4v) is 1.86. The number of carbonyl (C=O) groups is 1. The first-order valence-corrected chi connectivity index (χ1v) is 5.57. The maximum atomic E-state index is 12.5. The standard InChI is InChI=1S/C14H11F3O2/c1-8-7-10(14(15,16)17)3-4-11(8)13(18)12-5-6-19-9(12)2/h3-7H,1-2H3. The normalized spacial score (nSPS) is 11.6. The van der Waals surface area contributed by atoms with Gasteiger partial charge in [-0.15, -0.1) is 0 Å². The maximum absolute atomic E-state index is 12.5. The second kappa shape index (κ2) is 4.57. The first-order chi connectivity index (χ1) is 8.80. The highest BCUT2D eigenvalue weighted by molar-refractivity contribution is 6.10. The molecule has 1 aromatic carbocycles. The van der Waals surface area contributed by atoms with Crippen molar-refractivity contribution in [3.8, 4) is 0 Å². The van der Waals surface area contributed by atoms with Crippen LogP contribution < -0.4 is 0 Å². The summed E-state index contributed by atoms with van der Waals surface area (Å²) in [7, 11) is 0. The maximum Gasteiger partial charge on any atom is 0.416 e. The van der Waals surface area contributed by atoms with Gasteiger partial charge in [-0.25, -0.2) is 0 Å². The van der Waals surface area contributed by atoms with Gasteiger partial charge in [0.05, 0.1) is 17.4 Å². The highest BCUT2D eigenvalue weighted by Gasteiger charge is 2.31. The van der Waals surface area contributed by atoms with Crippen molar-refractivity contribution in [2.45, 2.75) is 20.0 Å². The molecule has 0 aliphatic rings. The predicted molar refractivity (Wildman–Crippen MR) is 63.1 cm³/mol. The van der Waals surface area contributed by atoms with Crippen molar-refractivity contribution < 1.29 is 22.4 Å². The Balaban J connectivity index is 2.43. The Hall–Kier alpha value is -2.04. The van der Waals surface area contributed by atoms with E-state index in [0.29, 0.717) is 16.9 Å². The summed E-state index contributed by atoms with van der Waals surface area (Å²) < 4.78 is 42.6. The smallest absolute Gasteiger partial charge is 0.416 e. The van der Waals surface area contributed by atoms with Crippen LogP contribution >= 0.6 is 0 Å². The van der Waals surface area contributed by atoms with Crippen LogP contribution in [0.25, 0.3) is 0 Å². The minimum absolute atomic E-state index is 0.248. The quantitative estimate of drug-likeness (QED) is 0.766. The molecule has 0 saturated heterocycles. The molecule has 0 atom stereocenters. The van der Waals surface area contributed by atoms with Crippen molar-refractivity contribution in [1.82, 2.24) is 0 Å². The van der Waals surface area contributed by atoms with Gasteiger partial charge < -0.3 is 4.42 Å². The number of aryl methyl sites for hydroxylation is 2. The molecule has 0 fully saturated rings. The molecule has 1 heterocycles. The average molecular weight is 268 g/mol. The van der Waals surface area contributed by atoms with E-state index in [2.05, 4.69) is 0 Å². The highest BCUT2D eigenvalue weighted by Crippen LogP contribution is 2.31. The van der Waals surface area contributed by atoms with Crippen LogP contribution in [-0.2, 0) is 6.18 Å². The zero-order valence-corrected chi connectivity index (χ0v) is 10.3. The number of hydrogen-bond acceptors (Lipinski definition) is 2. The molecule has 0 spiro atoms. The van der Waals surface area contributed by atoms with Gasteiger partial charge in [-0.1, -0.05) is 6.07 Å². The zero-order chi connectivity index (χ0) is 14.2. The van der Waals surface area contributed by atoms with Crippen molar-refractivity contribution in [3.05, 3.63) is 58.5 Å². The Morgan fingerprint density at radius 1 is 1.11 bits per heavy atom. The van der Waals surface area contributed by atoms with Crippen molar-refractivity contribution >= 4 is 5.78 Å². The van der Waals surface area contributed by atoms with Crippen molar-refractivity contribution in [3.63, 3.8) is 0 Å². The second-order valence-corrected chi connectivity index (χ2v) is 4.25. The number of carbonyl (C=O) groups excluding carboxylic acids is 1. The van der Waals surface area contributed by atoms with Gasteiger partial charge >= 0.3 is 6.18 Å². The molecule has 0 aliphatic heterocycles. The molecule has 0 unspecified atom stereocenters. The molecule has 2 aromatic rings. The Bertz CT molecular complexity index is 624. The minimum Gasteiger partial charge on any atom is -0.469 e. The Morgan fingerprint density at radius 3 is 2.26 bits per heavy atom. The van der Waals surface area contributed by atoms with Gasteiger partial charge in [0.1, 0.15) is 5.76 Å². The van der Waals surface area contributed by atoms with Crippen LogP contribution in [0.5, 0.6) is 0 Å². The number of alkyl halides is 3. The van der Waals surface area contributed by atoms with Crippen LogP contribution in [0.15, 0.2) is 34.9 Å². The largest absolute Gasteiger partial charge is 0.469 e. The Kier molecular flexibility index (Phi) is 3.22. The number of furan rings is 1. The number of benzene rings is 1. The van der Waals surface area contributed by atoms with Gasteiger partial charge in [0, 0.05) is 5.56 Å². The number of halogens is 3. The molecular weight excluding hydrogens is 257 g/mol. The molecule has 2 rings (SSSR count). The van der Waals surface area contributed by atoms with Crippen molar-refractivity contribution in [1.29, 1.82) is 0 Å². The summed E-state index contributed by atoms with van der Waals surface area (Å²) in [6, 6.07) is 4.60. The van der Waals surface area contributed by atoms with Crippen LogP contribution in [0.2, 0.25) is 0 Å². The number of rotatable bonds is 2. The zero-order valence-electron chi connectivity index (χ0n) is 10.3. The number of hydrogen-bond donors (Lipinski definition) is 0. The number of ketones is 1. The summed E-state index contributed by atoms with van der Waals surface area (Å²) in [4.78, 5) is 12.2. The molecule has 19 heavy (non-hydrogen) atoms. The van der Waals surface area contributed by atoms with E-state index in [1.54, 1.807) is 6.92 Å². The third-order valence-corrected chi connectivity index (χ3v) is 2.90. The van der Waals surface area contributed by atoms with E-state index in [1.807, 2.05) is 0 Å². The van der Waals surface area contributed by atoms with E-state index < -0.39 is 11.7 Å². The third kappa shape index (κ3) is 2.54. The fraction of sp³-hybridized carbons (Fsp3) is 0.214. The summed E-state index contributed by atoms with van der Waals surface area (Å²) in [6.45, 7) is 3.12. The van der Waals surface area contributed by atoms with Crippen LogP contribution in [0.4, 0.5) is 13.2 Å². The van der Waals surface area contributed by atoms with Gasteiger partial charge in [0.15, 0.2) is 5.78 Å². The lowest BCUT2D eigenvalue weighted by atomic mass is 9.97. The SMILES string of the molecule is Cc1cc(C(F)(F)F)ccc1C(=O)c1ccoc1C. The Labute approximate surface area is 107 Å². The lowest BCUT2D eigenvalue weighted by Gasteiger charge is -2.10. The van der Waals surface area contributed by atoms with Crippen molar-refractivity contribution in [2.75, 3.05) is 0 Å². The highest BCUT2D eigenvalue weighted by atomic mass is 19.4. The van der Waals surface area contributed by atoms with E-state index >= 15 is 0 Å². The van der Waals surface area contributed by atoms with Gasteiger partial charge in [-0.05, 0) is 37.6 Å². The van der Waals surface area contributed by atoms with Crippen molar-refractivity contribution in [2.24, 2.45) is 0 Å². The lowest BCUT2D eigenvalue weighted by molar-refractivity contribution is -0.137. The molecular formula is C14H11F3O2. The van der Waals surface area contributed by atoms with Crippen LogP contribution in [0.1, 0.15) is 32.8 Å². The van der Waals surface area contributed by atoms with Gasteiger partial charge in [0.25, 0.3) is 0 Å². The molecule has 0 aliphatic carbocycles. The summed E-state index contributed by atoms with van der Waals surface area (Å²) in [5, 5.41) is 0. The van der Waals surface area contributed by atoms with E-state index in [4.69, 9.17) is 4.42 Å². The topological polar surface area (TPSA) is 30.2 Å². The molecule has 1 aromatic heterocycles. The minimum atomic E-state index is -4.40. The lowest BCUT2D eigenvalue weighted by Crippen LogP contribution is -2.09. The summed E-state index contributed by atoms with van der Waals surface area (Å²) in [5.41, 5.74) is 0.145. The fourth-order valence-electron chi connectivity index (χ4n) is 1.86. The first-order valence-electron chi connectivity index (χ1n) is 5.57. The molecule has 0 N–H and O–H groups in total. The molecule has 100 valence electrons. The summed E-state index contributed by atoms with van der Waals surface area (Å²) in [5.74, 6) is 0.113. The van der Waals surface area contributed by atoms with Crippen LogP contribution in [-0.4, -0.2) is 5.78 Å². The molecule has 2 nitrogen and oxygen atoms in total. The van der Waals surface area contributed by atoms with E-state index in [0.717, 1.165) is 12.1 Å². The Morgan fingerprint density at radius 2 is 1.79 bits per heavy atom. The van der Waals surface area contributed by atoms with Crippen LogP contribution in [0, 0.1) is 13.8 Å². The van der Waals surface area contributed by atoms with Gasteiger partial charge in [0.2, 0.25) is 0 Å². The molecule has 0 amide bonds. The second-order valence-electron chi connectivity index (χ2n) is 4.25. The van der Waals surface area contributed by atoms with E-state index in [1.165, 1.54) is 25.3 Å². The third-order valence-electron chi connectivity index (χ3n) is 2.90.